The van der Waals surface area contributed by atoms with Crippen LogP contribution in [0.15, 0.2) is 36.4 Å². The molecule has 2 aromatic rings. The van der Waals surface area contributed by atoms with Crippen molar-refractivity contribution in [2.75, 3.05) is 7.11 Å². The monoisotopic (exact) mass is 316 g/mol. The Labute approximate surface area is 137 Å². The zero-order chi connectivity index (χ0) is 17.0. The molecular weight excluding hydrogens is 292 g/mol. The normalized spacial score (nSPS) is 12.9. The Morgan fingerprint density at radius 1 is 1.09 bits per heavy atom. The molecule has 0 aliphatic carbocycles. The maximum Gasteiger partial charge on any atom is 0.316 e. The molecule has 0 bridgehead atoms. The van der Waals surface area contributed by atoms with Gasteiger partial charge in [-0.15, -0.1) is 0 Å². The van der Waals surface area contributed by atoms with E-state index in [1.807, 2.05) is 58.0 Å². The number of carbonyl (C=O) groups is 1. The van der Waals surface area contributed by atoms with E-state index in [1.54, 1.807) is 13.2 Å². The minimum atomic E-state index is -0.513. The summed E-state index contributed by atoms with van der Waals surface area (Å²) in [4.78, 5) is 12.3. The Morgan fingerprint density at radius 2 is 1.65 bits per heavy atom. The van der Waals surface area contributed by atoms with Crippen LogP contribution < -0.4 is 9.47 Å². The first kappa shape index (κ1) is 17.3. The van der Waals surface area contributed by atoms with Crippen molar-refractivity contribution in [3.8, 4) is 11.5 Å². The summed E-state index contributed by atoms with van der Waals surface area (Å²) >= 11 is 0. The lowest BCUT2D eigenvalue weighted by atomic mass is 9.90. The summed E-state index contributed by atoms with van der Waals surface area (Å²) < 4.78 is 16.6. The molecule has 0 heterocycles. The number of ether oxygens (including phenoxy) is 3. The van der Waals surface area contributed by atoms with Crippen molar-refractivity contribution in [3.05, 3.63) is 36.4 Å². The van der Waals surface area contributed by atoms with Crippen molar-refractivity contribution >= 4 is 16.7 Å². The number of hydrogen-bond donors (Lipinski definition) is 0. The van der Waals surface area contributed by atoms with Gasteiger partial charge >= 0.3 is 5.97 Å². The van der Waals surface area contributed by atoms with Crippen LogP contribution in [0.4, 0.5) is 0 Å². The standard InChI is InChI=1S/C19H24O4/c1-6-19(3,4)18(20)23-17-12-8-9-14-15(17)10-7-11-16(14)22-13(2)21-5/h7-13H,6H2,1-5H3. The molecule has 0 spiro atoms. The van der Waals surface area contributed by atoms with E-state index in [1.165, 1.54) is 0 Å². The van der Waals surface area contributed by atoms with Crippen LogP contribution in [0.25, 0.3) is 10.8 Å². The SMILES string of the molecule is CCC(C)(C)C(=O)Oc1cccc2c(OC(C)OC)cccc12. The van der Waals surface area contributed by atoms with E-state index < -0.39 is 5.41 Å². The molecule has 1 unspecified atom stereocenters. The van der Waals surface area contributed by atoms with E-state index in [2.05, 4.69) is 0 Å². The summed E-state index contributed by atoms with van der Waals surface area (Å²) in [6, 6.07) is 11.3. The van der Waals surface area contributed by atoms with Gasteiger partial charge in [-0.05, 0) is 39.3 Å². The number of rotatable bonds is 6. The number of carbonyl (C=O) groups excluding carboxylic acids is 1. The van der Waals surface area contributed by atoms with Crippen molar-refractivity contribution in [2.45, 2.75) is 40.4 Å². The predicted octanol–water partition coefficient (Wildman–Crippen LogP) is 4.55. The van der Waals surface area contributed by atoms with Gasteiger partial charge in [0.15, 0.2) is 6.29 Å². The topological polar surface area (TPSA) is 44.8 Å². The molecule has 4 nitrogen and oxygen atoms in total. The summed E-state index contributed by atoms with van der Waals surface area (Å²) in [5.41, 5.74) is -0.513. The Balaban J connectivity index is 2.39. The largest absolute Gasteiger partial charge is 0.465 e. The highest BCUT2D eigenvalue weighted by atomic mass is 16.7. The molecule has 124 valence electrons. The minimum absolute atomic E-state index is 0.232. The van der Waals surface area contributed by atoms with E-state index in [-0.39, 0.29) is 12.3 Å². The molecule has 0 amide bonds. The summed E-state index contributed by atoms with van der Waals surface area (Å²) in [7, 11) is 1.59. The van der Waals surface area contributed by atoms with Crippen LogP contribution in [0, 0.1) is 5.41 Å². The highest BCUT2D eigenvalue weighted by Gasteiger charge is 2.28. The molecule has 2 aromatic carbocycles. The lowest BCUT2D eigenvalue weighted by Gasteiger charge is -2.21. The molecular formula is C19H24O4. The molecule has 0 radical (unpaired) electrons. The first-order valence-electron chi connectivity index (χ1n) is 7.82. The van der Waals surface area contributed by atoms with Gasteiger partial charge in [-0.2, -0.15) is 0 Å². The Hall–Kier alpha value is -2.07. The zero-order valence-electron chi connectivity index (χ0n) is 14.4. The van der Waals surface area contributed by atoms with E-state index in [0.717, 1.165) is 17.2 Å². The average Bonchev–Trinajstić information content (AvgIpc) is 2.55. The number of fused-ring (bicyclic) bond motifs is 1. The minimum Gasteiger partial charge on any atom is -0.465 e. The van der Waals surface area contributed by atoms with Crippen LogP contribution in [-0.4, -0.2) is 19.4 Å². The third kappa shape index (κ3) is 3.82. The average molecular weight is 316 g/mol. The van der Waals surface area contributed by atoms with Crippen LogP contribution in [-0.2, 0) is 9.53 Å². The second kappa shape index (κ2) is 7.01. The van der Waals surface area contributed by atoms with Crippen LogP contribution in [0.1, 0.15) is 34.1 Å². The number of hydrogen-bond acceptors (Lipinski definition) is 4. The Bertz CT molecular complexity index is 691. The third-order valence-corrected chi connectivity index (χ3v) is 4.11. The highest BCUT2D eigenvalue weighted by Crippen LogP contribution is 2.34. The van der Waals surface area contributed by atoms with Gasteiger partial charge in [0.1, 0.15) is 11.5 Å². The van der Waals surface area contributed by atoms with Gasteiger partial charge in [0.05, 0.1) is 5.41 Å². The lowest BCUT2D eigenvalue weighted by molar-refractivity contribution is -0.144. The molecule has 0 N–H and O–H groups in total. The summed E-state index contributed by atoms with van der Waals surface area (Å²) in [5.74, 6) is 1.01. The van der Waals surface area contributed by atoms with Gasteiger partial charge < -0.3 is 14.2 Å². The van der Waals surface area contributed by atoms with E-state index in [4.69, 9.17) is 14.2 Å². The quantitative estimate of drug-likeness (QED) is 0.445. The fraction of sp³-hybridized carbons (Fsp3) is 0.421. The molecule has 1 atom stereocenters. The molecule has 4 heteroatoms. The first-order chi connectivity index (χ1) is 10.9. The maximum atomic E-state index is 12.3. The molecule has 0 saturated heterocycles. The van der Waals surface area contributed by atoms with Gasteiger partial charge in [-0.1, -0.05) is 31.2 Å². The number of benzene rings is 2. The molecule has 0 aliphatic heterocycles. The van der Waals surface area contributed by atoms with Gasteiger partial charge in [-0.25, -0.2) is 0 Å². The van der Waals surface area contributed by atoms with E-state index in [9.17, 15) is 4.79 Å². The second-order valence-corrected chi connectivity index (χ2v) is 6.16. The van der Waals surface area contributed by atoms with Crippen LogP contribution in [0.3, 0.4) is 0 Å². The van der Waals surface area contributed by atoms with Gasteiger partial charge in [0.2, 0.25) is 0 Å². The Kier molecular flexibility index (Phi) is 5.26. The molecule has 0 saturated carbocycles. The van der Waals surface area contributed by atoms with Crippen molar-refractivity contribution in [2.24, 2.45) is 5.41 Å². The smallest absolute Gasteiger partial charge is 0.316 e. The van der Waals surface area contributed by atoms with Crippen molar-refractivity contribution < 1.29 is 19.0 Å². The number of esters is 1. The third-order valence-electron chi connectivity index (χ3n) is 4.11. The number of methoxy groups -OCH3 is 1. The van der Waals surface area contributed by atoms with Crippen LogP contribution >= 0.6 is 0 Å². The molecule has 0 aliphatic rings. The second-order valence-electron chi connectivity index (χ2n) is 6.16. The molecule has 0 fully saturated rings. The van der Waals surface area contributed by atoms with Crippen molar-refractivity contribution in [1.82, 2.24) is 0 Å². The highest BCUT2D eigenvalue weighted by molar-refractivity contribution is 5.95. The maximum absolute atomic E-state index is 12.3. The fourth-order valence-corrected chi connectivity index (χ4v) is 2.05. The van der Waals surface area contributed by atoms with Gasteiger partial charge in [-0.3, -0.25) is 4.79 Å². The molecule has 23 heavy (non-hydrogen) atoms. The Morgan fingerprint density at radius 3 is 2.22 bits per heavy atom. The van der Waals surface area contributed by atoms with Gasteiger partial charge in [0.25, 0.3) is 0 Å². The van der Waals surface area contributed by atoms with Crippen molar-refractivity contribution in [3.63, 3.8) is 0 Å². The summed E-state index contributed by atoms with van der Waals surface area (Å²) in [5, 5.41) is 1.73. The van der Waals surface area contributed by atoms with Crippen molar-refractivity contribution in [1.29, 1.82) is 0 Å². The van der Waals surface area contributed by atoms with Gasteiger partial charge in [0, 0.05) is 17.9 Å². The summed E-state index contributed by atoms with van der Waals surface area (Å²) in [6.45, 7) is 7.57. The molecule has 0 aromatic heterocycles. The first-order valence-corrected chi connectivity index (χ1v) is 7.82. The van der Waals surface area contributed by atoms with E-state index in [0.29, 0.717) is 11.5 Å². The predicted molar refractivity (Wildman–Crippen MR) is 90.8 cm³/mol. The summed E-state index contributed by atoms with van der Waals surface area (Å²) in [6.07, 6.45) is 0.363. The lowest BCUT2D eigenvalue weighted by Crippen LogP contribution is -2.28. The molecule has 2 rings (SSSR count). The van der Waals surface area contributed by atoms with E-state index >= 15 is 0 Å². The van der Waals surface area contributed by atoms with Crippen LogP contribution in [0.5, 0.6) is 11.5 Å². The zero-order valence-corrected chi connectivity index (χ0v) is 14.4. The fourth-order valence-electron chi connectivity index (χ4n) is 2.05. The van der Waals surface area contributed by atoms with Crippen LogP contribution in [0.2, 0.25) is 0 Å².